The molecule has 1 aromatic heterocycles. The SMILES string of the molecule is CCC.O=C(C1CCCC1)N1CCc2ncc(C(F)(F)F)cc2C1.OC1CCNCC1. The minimum Gasteiger partial charge on any atom is -0.393 e. The lowest BCUT2D eigenvalue weighted by molar-refractivity contribution is -0.137. The summed E-state index contributed by atoms with van der Waals surface area (Å²) in [6.07, 6.45) is 4.06. The monoisotopic (exact) mass is 443 g/mol. The van der Waals surface area contributed by atoms with Crippen molar-refractivity contribution in [1.82, 2.24) is 15.2 Å². The van der Waals surface area contributed by atoms with Gasteiger partial charge in [0.1, 0.15) is 0 Å². The minimum absolute atomic E-state index is 0.0266. The van der Waals surface area contributed by atoms with Crippen LogP contribution in [-0.2, 0) is 23.9 Å². The molecule has 1 saturated carbocycles. The highest BCUT2D eigenvalue weighted by Gasteiger charge is 2.34. The second kappa shape index (κ2) is 12.4. The molecule has 0 aromatic carbocycles. The smallest absolute Gasteiger partial charge is 0.393 e. The number of amides is 1. The van der Waals surface area contributed by atoms with Gasteiger partial charge in [0.2, 0.25) is 5.91 Å². The van der Waals surface area contributed by atoms with Gasteiger partial charge >= 0.3 is 6.18 Å². The summed E-state index contributed by atoms with van der Waals surface area (Å²) in [4.78, 5) is 18.0. The fraction of sp³-hybridized carbons (Fsp3) is 0.739. The number of nitrogens with one attached hydrogen (secondary N) is 1. The highest BCUT2D eigenvalue weighted by molar-refractivity contribution is 5.79. The van der Waals surface area contributed by atoms with Crippen molar-refractivity contribution in [2.24, 2.45) is 5.92 Å². The lowest BCUT2D eigenvalue weighted by Gasteiger charge is -2.30. The molecule has 3 aliphatic rings. The molecule has 0 radical (unpaired) electrons. The first-order valence-electron chi connectivity index (χ1n) is 11.5. The molecule has 1 amide bonds. The van der Waals surface area contributed by atoms with Gasteiger partial charge in [-0.25, -0.2) is 0 Å². The largest absolute Gasteiger partial charge is 0.417 e. The quantitative estimate of drug-likeness (QED) is 0.678. The highest BCUT2D eigenvalue weighted by Crippen LogP contribution is 2.32. The number of aliphatic hydroxyl groups is 1. The molecule has 2 aliphatic heterocycles. The number of rotatable bonds is 1. The Bertz CT molecular complexity index is 685. The number of alkyl halides is 3. The molecule has 0 bridgehead atoms. The van der Waals surface area contributed by atoms with Gasteiger partial charge in [-0.1, -0.05) is 33.1 Å². The first-order chi connectivity index (χ1) is 14.8. The fourth-order valence-corrected chi connectivity index (χ4v) is 4.01. The minimum atomic E-state index is -4.39. The molecular weight excluding hydrogens is 407 g/mol. The number of fused-ring (bicyclic) bond motifs is 1. The third kappa shape index (κ3) is 8.07. The maximum Gasteiger partial charge on any atom is 0.417 e. The van der Waals surface area contributed by atoms with E-state index in [1.807, 2.05) is 0 Å². The fourth-order valence-electron chi connectivity index (χ4n) is 4.01. The summed E-state index contributed by atoms with van der Waals surface area (Å²) in [5.41, 5.74) is 0.470. The normalized spacial score (nSPS) is 19.6. The number of pyridine rings is 1. The van der Waals surface area contributed by atoms with E-state index < -0.39 is 11.7 Å². The lowest BCUT2D eigenvalue weighted by atomic mass is 10.0. The van der Waals surface area contributed by atoms with Gasteiger partial charge in [0.15, 0.2) is 0 Å². The van der Waals surface area contributed by atoms with Crippen molar-refractivity contribution in [3.05, 3.63) is 29.1 Å². The number of hydrogen-bond acceptors (Lipinski definition) is 4. The molecular formula is C23H36F3N3O2. The second-order valence-electron chi connectivity index (χ2n) is 8.51. The standard InChI is InChI=1S/C15H17F3N2O.C5H11NO.C3H8/c16-15(17,18)12-7-11-9-20(6-5-13(11)19-8-12)14(21)10-3-1-2-4-10;7-5-1-3-6-4-2-5;1-3-2/h7-8,10H,1-6,9H2;5-7H,1-4H2;3H2,1-2H3. The van der Waals surface area contributed by atoms with Crippen LogP contribution in [0.25, 0.3) is 0 Å². The predicted octanol–water partition coefficient (Wildman–Crippen LogP) is 4.32. The Morgan fingerprint density at radius 3 is 2.32 bits per heavy atom. The highest BCUT2D eigenvalue weighted by atomic mass is 19.4. The molecule has 3 heterocycles. The first kappa shape index (κ1) is 25.6. The van der Waals surface area contributed by atoms with E-state index in [-0.39, 0.29) is 24.5 Å². The van der Waals surface area contributed by atoms with Crippen LogP contribution in [-0.4, -0.2) is 46.6 Å². The molecule has 2 fully saturated rings. The van der Waals surface area contributed by atoms with Crippen LogP contribution in [0.15, 0.2) is 12.3 Å². The van der Waals surface area contributed by atoms with Gasteiger partial charge in [0, 0.05) is 37.3 Å². The number of aromatic nitrogens is 1. The zero-order valence-corrected chi connectivity index (χ0v) is 18.7. The molecule has 5 nitrogen and oxygen atoms in total. The number of halogens is 3. The van der Waals surface area contributed by atoms with Crippen molar-refractivity contribution < 1.29 is 23.1 Å². The van der Waals surface area contributed by atoms with Crippen molar-refractivity contribution >= 4 is 5.91 Å². The summed E-state index contributed by atoms with van der Waals surface area (Å²) in [6.45, 7) is 7.03. The molecule has 4 rings (SSSR count). The number of nitrogens with zero attached hydrogens (tertiary/aromatic N) is 2. The number of carbonyl (C=O) groups is 1. The number of piperidine rings is 1. The van der Waals surface area contributed by atoms with Gasteiger partial charge < -0.3 is 15.3 Å². The molecule has 0 unspecified atom stereocenters. The zero-order valence-electron chi connectivity index (χ0n) is 18.7. The third-order valence-electron chi connectivity index (χ3n) is 5.69. The van der Waals surface area contributed by atoms with Crippen LogP contribution < -0.4 is 5.32 Å². The molecule has 2 N–H and O–H groups in total. The summed E-state index contributed by atoms with van der Waals surface area (Å²) in [5.74, 6) is 0.154. The Morgan fingerprint density at radius 2 is 1.81 bits per heavy atom. The van der Waals surface area contributed by atoms with Gasteiger partial charge in [-0.3, -0.25) is 9.78 Å². The van der Waals surface area contributed by atoms with Crippen LogP contribution >= 0.6 is 0 Å². The average Bonchev–Trinajstić information content (AvgIpc) is 3.28. The molecule has 176 valence electrons. The van der Waals surface area contributed by atoms with Crippen molar-refractivity contribution in [3.8, 4) is 0 Å². The second-order valence-corrected chi connectivity index (χ2v) is 8.51. The molecule has 1 aliphatic carbocycles. The van der Waals surface area contributed by atoms with Gasteiger partial charge in [0.25, 0.3) is 0 Å². The van der Waals surface area contributed by atoms with Gasteiger partial charge in [-0.15, -0.1) is 0 Å². The Kier molecular flexibility index (Phi) is 10.2. The Hall–Kier alpha value is -1.67. The van der Waals surface area contributed by atoms with E-state index in [0.717, 1.165) is 63.9 Å². The van der Waals surface area contributed by atoms with Crippen LogP contribution in [0.4, 0.5) is 13.2 Å². The maximum atomic E-state index is 12.7. The van der Waals surface area contributed by atoms with Crippen LogP contribution in [0.3, 0.4) is 0 Å². The summed E-state index contributed by atoms with van der Waals surface area (Å²) in [6, 6.07) is 1.14. The van der Waals surface area contributed by atoms with Crippen LogP contribution in [0.1, 0.15) is 75.6 Å². The van der Waals surface area contributed by atoms with E-state index in [1.165, 1.54) is 6.42 Å². The predicted molar refractivity (Wildman–Crippen MR) is 114 cm³/mol. The van der Waals surface area contributed by atoms with Crippen molar-refractivity contribution in [1.29, 1.82) is 0 Å². The number of hydrogen-bond donors (Lipinski definition) is 2. The average molecular weight is 444 g/mol. The molecule has 31 heavy (non-hydrogen) atoms. The Balaban J connectivity index is 0.000000284. The summed E-state index contributed by atoms with van der Waals surface area (Å²) in [7, 11) is 0. The molecule has 8 heteroatoms. The van der Waals surface area contributed by atoms with Crippen LogP contribution in [0.5, 0.6) is 0 Å². The lowest BCUT2D eigenvalue weighted by Crippen LogP contribution is -2.39. The maximum absolute atomic E-state index is 12.7. The molecule has 0 spiro atoms. The molecule has 1 aromatic rings. The van der Waals surface area contributed by atoms with Crippen LogP contribution in [0.2, 0.25) is 0 Å². The van der Waals surface area contributed by atoms with E-state index >= 15 is 0 Å². The van der Waals surface area contributed by atoms with E-state index in [1.54, 1.807) is 4.90 Å². The van der Waals surface area contributed by atoms with Crippen molar-refractivity contribution in [2.75, 3.05) is 19.6 Å². The van der Waals surface area contributed by atoms with Crippen molar-refractivity contribution in [3.63, 3.8) is 0 Å². The van der Waals surface area contributed by atoms with Crippen LogP contribution in [0, 0.1) is 5.92 Å². The third-order valence-corrected chi connectivity index (χ3v) is 5.69. The van der Waals surface area contributed by atoms with E-state index in [9.17, 15) is 18.0 Å². The Morgan fingerprint density at radius 1 is 1.19 bits per heavy atom. The summed E-state index contributed by atoms with van der Waals surface area (Å²) < 4.78 is 38.2. The van der Waals surface area contributed by atoms with E-state index in [0.29, 0.717) is 24.2 Å². The number of carbonyl (C=O) groups excluding carboxylic acids is 1. The van der Waals surface area contributed by atoms with E-state index in [4.69, 9.17) is 5.11 Å². The van der Waals surface area contributed by atoms with Gasteiger partial charge in [0.05, 0.1) is 11.7 Å². The number of aliphatic hydroxyl groups excluding tert-OH is 1. The molecule has 1 saturated heterocycles. The first-order valence-corrected chi connectivity index (χ1v) is 11.5. The van der Waals surface area contributed by atoms with Crippen molar-refractivity contribution in [2.45, 2.75) is 84.0 Å². The topological polar surface area (TPSA) is 65.5 Å². The van der Waals surface area contributed by atoms with Gasteiger partial charge in [-0.05, 0) is 50.4 Å². The summed E-state index contributed by atoms with van der Waals surface area (Å²) in [5, 5.41) is 12.0. The Labute approximate surface area is 183 Å². The zero-order chi connectivity index (χ0) is 22.9. The summed E-state index contributed by atoms with van der Waals surface area (Å²) >= 11 is 0. The van der Waals surface area contributed by atoms with Gasteiger partial charge in [-0.2, -0.15) is 13.2 Å². The van der Waals surface area contributed by atoms with E-state index in [2.05, 4.69) is 24.1 Å². The molecule has 0 atom stereocenters.